The van der Waals surface area contributed by atoms with Crippen LogP contribution in [-0.2, 0) is 24.2 Å². The number of aromatic nitrogens is 2. The molecule has 0 saturated heterocycles. The second-order valence-corrected chi connectivity index (χ2v) is 7.85. The lowest BCUT2D eigenvalue weighted by molar-refractivity contribution is -0.121. The SMILES string of the molecule is O=C(CCNC(=O)c1nn(-c2ccccc2)c2c1CCCCC2)NCc1ccccc1. The van der Waals surface area contributed by atoms with Crippen LogP contribution in [0.3, 0.4) is 0 Å². The van der Waals surface area contributed by atoms with E-state index in [0.29, 0.717) is 12.2 Å². The first-order valence-corrected chi connectivity index (χ1v) is 11.0. The summed E-state index contributed by atoms with van der Waals surface area (Å²) in [6.07, 6.45) is 5.35. The fraction of sp³-hybridized carbons (Fsp3) is 0.320. The minimum Gasteiger partial charge on any atom is -0.352 e. The maximum Gasteiger partial charge on any atom is 0.272 e. The summed E-state index contributed by atoms with van der Waals surface area (Å²) >= 11 is 0. The molecule has 0 radical (unpaired) electrons. The highest BCUT2D eigenvalue weighted by molar-refractivity contribution is 5.94. The molecular formula is C25H28N4O2. The first-order valence-electron chi connectivity index (χ1n) is 11.0. The molecular weight excluding hydrogens is 388 g/mol. The highest BCUT2D eigenvalue weighted by Gasteiger charge is 2.24. The smallest absolute Gasteiger partial charge is 0.272 e. The second-order valence-electron chi connectivity index (χ2n) is 7.85. The number of nitrogens with one attached hydrogen (secondary N) is 2. The summed E-state index contributed by atoms with van der Waals surface area (Å²) in [4.78, 5) is 25.0. The van der Waals surface area contributed by atoms with E-state index < -0.39 is 0 Å². The van der Waals surface area contributed by atoms with Gasteiger partial charge in [0.15, 0.2) is 5.69 Å². The molecule has 0 fully saturated rings. The number of nitrogens with zero attached hydrogens (tertiary/aromatic N) is 2. The van der Waals surface area contributed by atoms with Gasteiger partial charge in [-0.15, -0.1) is 0 Å². The Hall–Kier alpha value is -3.41. The minimum absolute atomic E-state index is 0.0854. The maximum absolute atomic E-state index is 12.9. The van der Waals surface area contributed by atoms with Crippen molar-refractivity contribution in [3.8, 4) is 5.69 Å². The molecule has 3 aromatic rings. The fourth-order valence-corrected chi connectivity index (χ4v) is 4.00. The Balaban J connectivity index is 1.39. The fourth-order valence-electron chi connectivity index (χ4n) is 4.00. The number of benzene rings is 2. The van der Waals surface area contributed by atoms with Crippen LogP contribution in [0.2, 0.25) is 0 Å². The van der Waals surface area contributed by atoms with Crippen molar-refractivity contribution in [3.05, 3.63) is 83.2 Å². The number of rotatable bonds is 7. The van der Waals surface area contributed by atoms with E-state index in [2.05, 4.69) is 15.7 Å². The molecule has 2 amide bonds. The second kappa shape index (κ2) is 10.1. The van der Waals surface area contributed by atoms with Gasteiger partial charge in [0.1, 0.15) is 0 Å². The zero-order valence-corrected chi connectivity index (χ0v) is 17.6. The number of hydrogen-bond donors (Lipinski definition) is 2. The van der Waals surface area contributed by atoms with Crippen molar-refractivity contribution in [2.45, 2.75) is 45.1 Å². The molecule has 31 heavy (non-hydrogen) atoms. The molecule has 2 N–H and O–H groups in total. The van der Waals surface area contributed by atoms with Gasteiger partial charge >= 0.3 is 0 Å². The van der Waals surface area contributed by atoms with Crippen LogP contribution in [0.4, 0.5) is 0 Å². The van der Waals surface area contributed by atoms with E-state index in [-0.39, 0.29) is 24.8 Å². The molecule has 1 aromatic heterocycles. The van der Waals surface area contributed by atoms with Crippen LogP contribution < -0.4 is 10.6 Å². The van der Waals surface area contributed by atoms with Crippen molar-refractivity contribution in [2.24, 2.45) is 0 Å². The third-order valence-corrected chi connectivity index (χ3v) is 5.62. The lowest BCUT2D eigenvalue weighted by atomic mass is 10.1. The van der Waals surface area contributed by atoms with Gasteiger partial charge in [-0.05, 0) is 43.4 Å². The largest absolute Gasteiger partial charge is 0.352 e. The maximum atomic E-state index is 12.9. The normalized spacial score (nSPS) is 13.2. The third kappa shape index (κ3) is 5.20. The Kier molecular flexibility index (Phi) is 6.77. The van der Waals surface area contributed by atoms with Gasteiger partial charge in [-0.3, -0.25) is 9.59 Å². The third-order valence-electron chi connectivity index (χ3n) is 5.62. The van der Waals surface area contributed by atoms with Crippen molar-refractivity contribution >= 4 is 11.8 Å². The van der Waals surface area contributed by atoms with Crippen LogP contribution in [0.25, 0.3) is 5.69 Å². The van der Waals surface area contributed by atoms with Gasteiger partial charge in [-0.1, -0.05) is 55.0 Å². The molecule has 6 heteroatoms. The Labute approximate surface area is 182 Å². The molecule has 6 nitrogen and oxygen atoms in total. The van der Waals surface area contributed by atoms with Gasteiger partial charge in [-0.25, -0.2) is 4.68 Å². The standard InChI is InChI=1S/C25H28N4O2/c30-23(27-18-19-10-4-1-5-11-19)16-17-26-25(31)24-21-14-8-3-9-15-22(21)29(28-24)20-12-6-2-7-13-20/h1-2,4-7,10-13H,3,8-9,14-18H2,(H,26,31)(H,27,30). The van der Waals surface area contributed by atoms with Crippen molar-refractivity contribution in [2.75, 3.05) is 6.54 Å². The molecule has 2 aromatic carbocycles. The topological polar surface area (TPSA) is 76.0 Å². The first-order chi connectivity index (χ1) is 15.2. The van der Waals surface area contributed by atoms with Crippen molar-refractivity contribution in [3.63, 3.8) is 0 Å². The lowest BCUT2D eigenvalue weighted by Gasteiger charge is -2.07. The van der Waals surface area contributed by atoms with Crippen LogP contribution in [0.5, 0.6) is 0 Å². The van der Waals surface area contributed by atoms with Gasteiger partial charge in [-0.2, -0.15) is 5.10 Å². The molecule has 0 spiro atoms. The Morgan fingerprint density at radius 3 is 2.35 bits per heavy atom. The van der Waals surface area contributed by atoms with E-state index in [9.17, 15) is 9.59 Å². The van der Waals surface area contributed by atoms with Crippen molar-refractivity contribution in [1.29, 1.82) is 0 Å². The number of carbonyl (C=O) groups is 2. The van der Waals surface area contributed by atoms with Gasteiger partial charge in [0.2, 0.25) is 5.91 Å². The van der Waals surface area contributed by atoms with E-state index in [1.165, 1.54) is 0 Å². The van der Waals surface area contributed by atoms with E-state index in [0.717, 1.165) is 54.6 Å². The number of hydrogen-bond acceptors (Lipinski definition) is 3. The van der Waals surface area contributed by atoms with Gasteiger partial charge in [0, 0.05) is 30.8 Å². The predicted octanol–water partition coefficient (Wildman–Crippen LogP) is 3.58. The molecule has 4 rings (SSSR count). The zero-order valence-electron chi connectivity index (χ0n) is 17.6. The predicted molar refractivity (Wildman–Crippen MR) is 120 cm³/mol. The first kappa shape index (κ1) is 20.8. The molecule has 1 heterocycles. The summed E-state index contributed by atoms with van der Waals surface area (Å²) in [5.74, 6) is -0.290. The van der Waals surface area contributed by atoms with E-state index in [1.807, 2.05) is 65.3 Å². The minimum atomic E-state index is -0.205. The monoisotopic (exact) mass is 416 g/mol. The molecule has 0 aliphatic heterocycles. The van der Waals surface area contributed by atoms with Crippen LogP contribution >= 0.6 is 0 Å². The summed E-state index contributed by atoms with van der Waals surface area (Å²) in [5.41, 5.74) is 4.70. The van der Waals surface area contributed by atoms with Crippen LogP contribution in [0.15, 0.2) is 60.7 Å². The van der Waals surface area contributed by atoms with Gasteiger partial charge < -0.3 is 10.6 Å². The van der Waals surface area contributed by atoms with Gasteiger partial charge in [0.05, 0.1) is 5.69 Å². The Morgan fingerprint density at radius 1 is 0.871 bits per heavy atom. The van der Waals surface area contributed by atoms with Crippen LogP contribution in [0, 0.1) is 0 Å². The van der Waals surface area contributed by atoms with Crippen molar-refractivity contribution in [1.82, 2.24) is 20.4 Å². The van der Waals surface area contributed by atoms with Gasteiger partial charge in [0.25, 0.3) is 5.91 Å². The van der Waals surface area contributed by atoms with Crippen molar-refractivity contribution < 1.29 is 9.59 Å². The zero-order chi connectivity index (χ0) is 21.5. The number of fused-ring (bicyclic) bond motifs is 1. The molecule has 0 atom stereocenters. The summed E-state index contributed by atoms with van der Waals surface area (Å²) in [5, 5.41) is 10.5. The van der Waals surface area contributed by atoms with Crippen LogP contribution in [0.1, 0.15) is 53.0 Å². The van der Waals surface area contributed by atoms with Crippen LogP contribution in [-0.4, -0.2) is 28.1 Å². The molecule has 1 aliphatic carbocycles. The molecule has 1 aliphatic rings. The highest BCUT2D eigenvalue weighted by atomic mass is 16.2. The molecule has 0 unspecified atom stereocenters. The quantitative estimate of drug-likeness (QED) is 0.578. The van der Waals surface area contributed by atoms with E-state index in [4.69, 9.17) is 0 Å². The highest BCUT2D eigenvalue weighted by Crippen LogP contribution is 2.26. The Morgan fingerprint density at radius 2 is 1.58 bits per heavy atom. The van der Waals surface area contributed by atoms with E-state index >= 15 is 0 Å². The average molecular weight is 417 g/mol. The average Bonchev–Trinajstić information content (AvgIpc) is 3.00. The summed E-state index contributed by atoms with van der Waals surface area (Å²) < 4.78 is 1.92. The summed E-state index contributed by atoms with van der Waals surface area (Å²) in [6, 6.07) is 19.7. The number of carbonyl (C=O) groups excluding carboxylic acids is 2. The van der Waals surface area contributed by atoms with E-state index in [1.54, 1.807) is 0 Å². The number of para-hydroxylation sites is 1. The molecule has 0 saturated carbocycles. The Bertz CT molecular complexity index is 1030. The summed E-state index contributed by atoms with van der Waals surface area (Å²) in [7, 11) is 0. The molecule has 160 valence electrons. The molecule has 0 bridgehead atoms. The number of amides is 2. The lowest BCUT2D eigenvalue weighted by Crippen LogP contribution is -2.31. The summed E-state index contributed by atoms with van der Waals surface area (Å²) in [6.45, 7) is 0.773.